The van der Waals surface area contributed by atoms with Crippen LogP contribution < -0.4 is 0 Å². The molecule has 22 heavy (non-hydrogen) atoms. The number of carbonyl (C=O) groups is 1. The highest BCUT2D eigenvalue weighted by atomic mass is 16.5. The van der Waals surface area contributed by atoms with Crippen LogP contribution in [0.15, 0.2) is 24.3 Å². The Morgan fingerprint density at radius 2 is 1.82 bits per heavy atom. The Hall–Kier alpha value is -1.09. The lowest BCUT2D eigenvalue weighted by Gasteiger charge is -2.29. The minimum absolute atomic E-state index is 0.0141. The number of rotatable bonds is 8. The van der Waals surface area contributed by atoms with Crippen LogP contribution in [-0.2, 0) is 9.53 Å². The molecule has 3 atom stereocenters. The lowest BCUT2D eigenvalue weighted by Crippen LogP contribution is -2.34. The van der Waals surface area contributed by atoms with E-state index in [1.165, 1.54) is 6.42 Å². The molecule has 0 N–H and O–H groups in total. The first-order valence-corrected chi connectivity index (χ1v) is 8.98. The molecule has 2 aliphatic carbocycles. The van der Waals surface area contributed by atoms with E-state index >= 15 is 0 Å². The standard InChI is InChI=1S/C19H31NO2/c1-3-20(4-2)14-15-22-19(21)18(17-12-8-9-13-17)16-10-6-5-7-11-16/h6,8,10,12,16-18H,3-5,7,9,11,13-15H2,1-2H3. The molecule has 0 saturated heterocycles. The Morgan fingerprint density at radius 3 is 2.41 bits per heavy atom. The topological polar surface area (TPSA) is 29.5 Å². The van der Waals surface area contributed by atoms with Crippen molar-refractivity contribution in [3.63, 3.8) is 0 Å². The molecule has 124 valence electrons. The average molecular weight is 305 g/mol. The van der Waals surface area contributed by atoms with E-state index in [-0.39, 0.29) is 11.9 Å². The van der Waals surface area contributed by atoms with Gasteiger partial charge >= 0.3 is 5.97 Å². The molecule has 3 heteroatoms. The maximum atomic E-state index is 12.7. The minimum Gasteiger partial charge on any atom is -0.464 e. The van der Waals surface area contributed by atoms with Crippen molar-refractivity contribution in [1.29, 1.82) is 0 Å². The molecule has 0 aromatic rings. The predicted molar refractivity (Wildman–Crippen MR) is 90.6 cm³/mol. The van der Waals surface area contributed by atoms with Gasteiger partial charge in [-0.3, -0.25) is 4.79 Å². The Bertz CT molecular complexity index is 398. The molecule has 0 heterocycles. The second-order valence-electron chi connectivity index (χ2n) is 6.41. The summed E-state index contributed by atoms with van der Waals surface area (Å²) in [5.74, 6) is 0.767. The first-order chi connectivity index (χ1) is 10.8. The van der Waals surface area contributed by atoms with E-state index in [0.29, 0.717) is 18.4 Å². The first kappa shape index (κ1) is 17.3. The molecule has 0 aromatic heterocycles. The summed E-state index contributed by atoms with van der Waals surface area (Å²) < 4.78 is 5.66. The molecular weight excluding hydrogens is 274 g/mol. The molecule has 3 nitrogen and oxygen atoms in total. The molecule has 3 unspecified atom stereocenters. The molecule has 0 bridgehead atoms. The number of hydrogen-bond donors (Lipinski definition) is 0. The second kappa shape index (κ2) is 9.14. The Balaban J connectivity index is 1.92. The van der Waals surface area contributed by atoms with E-state index in [1.807, 2.05) is 0 Å². The van der Waals surface area contributed by atoms with Crippen molar-refractivity contribution >= 4 is 5.97 Å². The first-order valence-electron chi connectivity index (χ1n) is 8.98. The second-order valence-corrected chi connectivity index (χ2v) is 6.41. The van der Waals surface area contributed by atoms with Crippen molar-refractivity contribution in [2.24, 2.45) is 17.8 Å². The Morgan fingerprint density at radius 1 is 1.14 bits per heavy atom. The molecule has 0 aliphatic heterocycles. The van der Waals surface area contributed by atoms with Gasteiger partial charge in [-0.25, -0.2) is 0 Å². The normalized spacial score (nSPS) is 25.6. The van der Waals surface area contributed by atoms with Gasteiger partial charge in [-0.15, -0.1) is 0 Å². The van der Waals surface area contributed by atoms with Crippen molar-refractivity contribution in [2.45, 2.75) is 46.0 Å². The monoisotopic (exact) mass is 305 g/mol. The summed E-state index contributed by atoms with van der Waals surface area (Å²) in [6, 6.07) is 0. The van der Waals surface area contributed by atoms with E-state index < -0.39 is 0 Å². The minimum atomic E-state index is 0.0141. The summed E-state index contributed by atoms with van der Waals surface area (Å²) in [4.78, 5) is 15.0. The van der Waals surface area contributed by atoms with E-state index in [9.17, 15) is 4.79 Å². The summed E-state index contributed by atoms with van der Waals surface area (Å²) in [6.07, 6.45) is 14.6. The van der Waals surface area contributed by atoms with E-state index in [1.54, 1.807) is 0 Å². The van der Waals surface area contributed by atoms with Gasteiger partial charge in [-0.2, -0.15) is 0 Å². The maximum absolute atomic E-state index is 12.7. The van der Waals surface area contributed by atoms with Crippen molar-refractivity contribution in [3.05, 3.63) is 24.3 Å². The number of hydrogen-bond acceptors (Lipinski definition) is 3. The van der Waals surface area contributed by atoms with Crippen LogP contribution in [0.1, 0.15) is 46.0 Å². The van der Waals surface area contributed by atoms with E-state index in [4.69, 9.17) is 4.74 Å². The number of nitrogens with zero attached hydrogens (tertiary/aromatic N) is 1. The molecular formula is C19H31NO2. The van der Waals surface area contributed by atoms with Crippen LogP contribution >= 0.6 is 0 Å². The third-order valence-electron chi connectivity index (χ3n) is 5.08. The Kier molecular flexibility index (Phi) is 7.17. The zero-order valence-corrected chi connectivity index (χ0v) is 14.2. The fourth-order valence-corrected chi connectivity index (χ4v) is 3.67. The molecule has 0 amide bonds. The van der Waals surface area contributed by atoms with Crippen LogP contribution in [0.25, 0.3) is 0 Å². The van der Waals surface area contributed by atoms with Gasteiger partial charge in [0, 0.05) is 6.54 Å². The SMILES string of the molecule is CCN(CC)CCOC(=O)C(C1C=CCC1)C1C=CCCC1. The van der Waals surface area contributed by atoms with Crippen LogP contribution in [0, 0.1) is 17.8 Å². The average Bonchev–Trinajstić information content (AvgIpc) is 3.07. The van der Waals surface area contributed by atoms with Gasteiger partial charge in [0.15, 0.2) is 0 Å². The summed E-state index contributed by atoms with van der Waals surface area (Å²) in [7, 11) is 0. The highest BCUT2D eigenvalue weighted by Gasteiger charge is 2.35. The highest BCUT2D eigenvalue weighted by molar-refractivity contribution is 5.74. The van der Waals surface area contributed by atoms with Crippen LogP contribution in [0.5, 0.6) is 0 Å². The zero-order valence-electron chi connectivity index (χ0n) is 14.2. The summed E-state index contributed by atoms with van der Waals surface area (Å²) in [5.41, 5.74) is 0. The van der Waals surface area contributed by atoms with Crippen LogP contribution in [0.4, 0.5) is 0 Å². The van der Waals surface area contributed by atoms with Gasteiger partial charge in [0.2, 0.25) is 0 Å². The van der Waals surface area contributed by atoms with Crippen LogP contribution in [-0.4, -0.2) is 37.1 Å². The number of likely N-dealkylation sites (N-methyl/N-ethyl adjacent to an activating group) is 1. The molecule has 0 aromatic carbocycles. The fourth-order valence-electron chi connectivity index (χ4n) is 3.67. The third kappa shape index (κ3) is 4.70. The van der Waals surface area contributed by atoms with Crippen molar-refractivity contribution in [2.75, 3.05) is 26.2 Å². The maximum Gasteiger partial charge on any atom is 0.310 e. The summed E-state index contributed by atoms with van der Waals surface area (Å²) in [6.45, 7) is 7.66. The smallest absolute Gasteiger partial charge is 0.310 e. The molecule has 2 aliphatic rings. The van der Waals surface area contributed by atoms with Crippen LogP contribution in [0.2, 0.25) is 0 Å². The van der Waals surface area contributed by atoms with Crippen LogP contribution in [0.3, 0.4) is 0 Å². The number of allylic oxidation sites excluding steroid dienone is 4. The van der Waals surface area contributed by atoms with Crippen molar-refractivity contribution < 1.29 is 9.53 Å². The summed E-state index contributed by atoms with van der Waals surface area (Å²) >= 11 is 0. The van der Waals surface area contributed by atoms with Gasteiger partial charge < -0.3 is 9.64 Å². The lowest BCUT2D eigenvalue weighted by molar-refractivity contribution is -0.152. The quantitative estimate of drug-likeness (QED) is 0.504. The van der Waals surface area contributed by atoms with Gasteiger partial charge in [-0.1, -0.05) is 38.2 Å². The summed E-state index contributed by atoms with van der Waals surface area (Å²) in [5, 5.41) is 0. The molecule has 0 saturated carbocycles. The fraction of sp³-hybridized carbons (Fsp3) is 0.737. The molecule has 0 radical (unpaired) electrons. The predicted octanol–water partition coefficient (Wildman–Crippen LogP) is 3.81. The molecule has 0 fully saturated rings. The van der Waals surface area contributed by atoms with Crippen molar-refractivity contribution in [1.82, 2.24) is 4.90 Å². The van der Waals surface area contributed by atoms with E-state index in [2.05, 4.69) is 43.1 Å². The molecule has 0 spiro atoms. The third-order valence-corrected chi connectivity index (χ3v) is 5.08. The largest absolute Gasteiger partial charge is 0.464 e. The van der Waals surface area contributed by atoms with Gasteiger partial charge in [-0.05, 0) is 57.0 Å². The zero-order chi connectivity index (χ0) is 15.8. The number of esters is 1. The van der Waals surface area contributed by atoms with Gasteiger partial charge in [0.05, 0.1) is 5.92 Å². The van der Waals surface area contributed by atoms with Gasteiger partial charge in [0.1, 0.15) is 6.61 Å². The van der Waals surface area contributed by atoms with Gasteiger partial charge in [0.25, 0.3) is 0 Å². The van der Waals surface area contributed by atoms with E-state index in [0.717, 1.165) is 45.3 Å². The highest BCUT2D eigenvalue weighted by Crippen LogP contribution is 2.36. The number of carbonyl (C=O) groups excluding carboxylic acids is 1. The lowest BCUT2D eigenvalue weighted by atomic mass is 9.77. The van der Waals surface area contributed by atoms with Crippen molar-refractivity contribution in [3.8, 4) is 0 Å². The number of ether oxygens (including phenoxy) is 1. The molecule has 2 rings (SSSR count). The Labute approximate surface area is 135 Å².